The number of nitrogen functional groups attached to an aromatic ring is 1. The van der Waals surface area contributed by atoms with E-state index in [-0.39, 0.29) is 0 Å². The maximum atomic E-state index is 6.09. The van der Waals surface area contributed by atoms with Crippen molar-refractivity contribution in [1.82, 2.24) is 0 Å². The number of para-hydroxylation sites is 1. The van der Waals surface area contributed by atoms with Crippen LogP contribution < -0.4 is 5.73 Å². The summed E-state index contributed by atoms with van der Waals surface area (Å²) in [6.45, 7) is 13.0. The Balaban J connectivity index is 0.000000673. The van der Waals surface area contributed by atoms with Gasteiger partial charge < -0.3 is 5.73 Å². The molecule has 0 saturated carbocycles. The van der Waals surface area contributed by atoms with E-state index in [2.05, 4.69) is 59.7 Å². The zero-order chi connectivity index (χ0) is 12.7. The topological polar surface area (TPSA) is 26.0 Å². The van der Waals surface area contributed by atoms with E-state index in [4.69, 9.17) is 5.73 Å². The van der Waals surface area contributed by atoms with Crippen molar-refractivity contribution in [2.24, 2.45) is 0 Å². The van der Waals surface area contributed by atoms with Crippen LogP contribution in [0.1, 0.15) is 70.9 Å². The molecule has 0 aliphatic heterocycles. The Bertz CT molecular complexity index is 274. The first-order valence-electron chi connectivity index (χ1n) is 6.33. The summed E-state index contributed by atoms with van der Waals surface area (Å²) in [5, 5.41) is 0. The first-order valence-corrected chi connectivity index (χ1v) is 6.33. The quantitative estimate of drug-likeness (QED) is 0.704. The molecule has 1 nitrogen and oxygen atoms in total. The molecule has 0 fully saturated rings. The zero-order valence-corrected chi connectivity index (χ0v) is 11.7. The molecule has 0 bridgehead atoms. The van der Waals surface area contributed by atoms with Crippen LogP contribution in [-0.4, -0.2) is 0 Å². The van der Waals surface area contributed by atoms with Gasteiger partial charge in [-0.2, -0.15) is 0 Å². The molecule has 0 atom stereocenters. The first-order chi connectivity index (χ1) is 7.45. The van der Waals surface area contributed by atoms with Crippen LogP contribution in [0.5, 0.6) is 0 Å². The van der Waals surface area contributed by atoms with E-state index in [1.165, 1.54) is 17.5 Å². The minimum absolute atomic E-state index is 0.513. The zero-order valence-electron chi connectivity index (χ0n) is 11.7. The molecule has 1 aromatic carbocycles. The number of hydrogen-bond acceptors (Lipinski definition) is 1. The van der Waals surface area contributed by atoms with Crippen LogP contribution in [0, 0.1) is 0 Å². The van der Waals surface area contributed by atoms with Crippen LogP contribution in [0.4, 0.5) is 5.69 Å². The SMILES string of the molecule is CC(C)c1cccc(C(C)C)c1N.CCC. The lowest BCUT2D eigenvalue weighted by Crippen LogP contribution is -2.02. The fraction of sp³-hybridized carbons (Fsp3) is 0.600. The van der Waals surface area contributed by atoms with Gasteiger partial charge in [-0.15, -0.1) is 0 Å². The monoisotopic (exact) mass is 221 g/mol. The van der Waals surface area contributed by atoms with Crippen LogP contribution in [-0.2, 0) is 0 Å². The van der Waals surface area contributed by atoms with Crippen molar-refractivity contribution in [2.75, 3.05) is 5.73 Å². The van der Waals surface area contributed by atoms with E-state index < -0.39 is 0 Å². The molecule has 0 aliphatic carbocycles. The lowest BCUT2D eigenvalue weighted by Gasteiger charge is -2.15. The Morgan fingerprint density at radius 3 is 1.50 bits per heavy atom. The molecule has 1 aromatic rings. The third kappa shape index (κ3) is 4.26. The van der Waals surface area contributed by atoms with Gasteiger partial charge in [-0.1, -0.05) is 66.2 Å². The Kier molecular flexibility index (Phi) is 6.87. The summed E-state index contributed by atoms with van der Waals surface area (Å²) in [6.07, 6.45) is 1.25. The summed E-state index contributed by atoms with van der Waals surface area (Å²) in [5.41, 5.74) is 9.60. The number of benzene rings is 1. The molecule has 0 saturated heterocycles. The number of nitrogens with two attached hydrogens (primary N) is 1. The van der Waals surface area contributed by atoms with Crippen LogP contribution in [0.15, 0.2) is 18.2 Å². The number of anilines is 1. The van der Waals surface area contributed by atoms with Crippen molar-refractivity contribution >= 4 is 5.69 Å². The van der Waals surface area contributed by atoms with Crippen LogP contribution in [0.3, 0.4) is 0 Å². The minimum atomic E-state index is 0.513. The van der Waals surface area contributed by atoms with E-state index >= 15 is 0 Å². The van der Waals surface area contributed by atoms with Gasteiger partial charge in [0, 0.05) is 5.69 Å². The normalized spacial score (nSPS) is 10.2. The van der Waals surface area contributed by atoms with E-state index in [1.54, 1.807) is 0 Å². The van der Waals surface area contributed by atoms with Gasteiger partial charge in [0.1, 0.15) is 0 Å². The average molecular weight is 221 g/mol. The number of hydrogen-bond donors (Lipinski definition) is 1. The molecule has 16 heavy (non-hydrogen) atoms. The molecule has 0 spiro atoms. The van der Waals surface area contributed by atoms with E-state index in [0.717, 1.165) is 5.69 Å². The van der Waals surface area contributed by atoms with Gasteiger partial charge in [0.15, 0.2) is 0 Å². The summed E-state index contributed by atoms with van der Waals surface area (Å²) in [7, 11) is 0. The van der Waals surface area contributed by atoms with E-state index in [9.17, 15) is 0 Å². The van der Waals surface area contributed by atoms with Gasteiger partial charge in [0.05, 0.1) is 0 Å². The van der Waals surface area contributed by atoms with Gasteiger partial charge in [-0.25, -0.2) is 0 Å². The summed E-state index contributed by atoms with van der Waals surface area (Å²) in [6, 6.07) is 6.33. The van der Waals surface area contributed by atoms with Gasteiger partial charge >= 0.3 is 0 Å². The molecular weight excluding hydrogens is 194 g/mol. The van der Waals surface area contributed by atoms with Crippen LogP contribution in [0.2, 0.25) is 0 Å². The van der Waals surface area contributed by atoms with Crippen molar-refractivity contribution in [3.05, 3.63) is 29.3 Å². The summed E-state index contributed by atoms with van der Waals surface area (Å²) in [5.74, 6) is 1.03. The Morgan fingerprint density at radius 1 is 0.938 bits per heavy atom. The largest absolute Gasteiger partial charge is 0.398 e. The molecule has 0 amide bonds. The molecular formula is C15H27N. The summed E-state index contributed by atoms with van der Waals surface area (Å²) < 4.78 is 0. The molecule has 0 unspecified atom stereocenters. The molecule has 0 radical (unpaired) electrons. The van der Waals surface area contributed by atoms with Gasteiger partial charge in [-0.05, 0) is 23.0 Å². The fourth-order valence-corrected chi connectivity index (χ4v) is 1.61. The first kappa shape index (κ1) is 15.0. The predicted octanol–water partition coefficient (Wildman–Crippen LogP) is 4.93. The lowest BCUT2D eigenvalue weighted by molar-refractivity contribution is 0.840. The van der Waals surface area contributed by atoms with Crippen molar-refractivity contribution in [2.45, 2.75) is 59.8 Å². The van der Waals surface area contributed by atoms with E-state index in [1.807, 2.05) is 0 Å². The fourth-order valence-electron chi connectivity index (χ4n) is 1.61. The third-order valence-electron chi connectivity index (χ3n) is 2.42. The highest BCUT2D eigenvalue weighted by atomic mass is 14.6. The van der Waals surface area contributed by atoms with Crippen molar-refractivity contribution in [3.8, 4) is 0 Å². The second kappa shape index (κ2) is 7.32. The molecule has 0 aliphatic rings. The molecule has 0 aromatic heterocycles. The van der Waals surface area contributed by atoms with E-state index in [0.29, 0.717) is 11.8 Å². The van der Waals surface area contributed by atoms with Gasteiger partial charge in [0.25, 0.3) is 0 Å². The molecule has 92 valence electrons. The number of rotatable bonds is 2. The van der Waals surface area contributed by atoms with Crippen molar-refractivity contribution in [1.29, 1.82) is 0 Å². The minimum Gasteiger partial charge on any atom is -0.398 e. The van der Waals surface area contributed by atoms with Gasteiger partial charge in [0.2, 0.25) is 0 Å². The van der Waals surface area contributed by atoms with Crippen molar-refractivity contribution in [3.63, 3.8) is 0 Å². The maximum Gasteiger partial charge on any atom is 0.0384 e. The Morgan fingerprint density at radius 2 is 1.25 bits per heavy atom. The predicted molar refractivity (Wildman–Crippen MR) is 75.0 cm³/mol. The average Bonchev–Trinajstić information content (AvgIpc) is 2.18. The van der Waals surface area contributed by atoms with Crippen LogP contribution in [0.25, 0.3) is 0 Å². The molecule has 0 heterocycles. The second-order valence-electron chi connectivity index (χ2n) is 4.87. The summed E-state index contributed by atoms with van der Waals surface area (Å²) >= 11 is 0. The Labute approximate surface area is 101 Å². The third-order valence-corrected chi connectivity index (χ3v) is 2.42. The standard InChI is InChI=1S/C12H19N.C3H8/c1-8(2)10-6-5-7-11(9(3)4)12(10)13;1-3-2/h5-9H,13H2,1-4H3;3H2,1-2H3. The molecule has 1 heteroatoms. The van der Waals surface area contributed by atoms with Gasteiger partial charge in [-0.3, -0.25) is 0 Å². The highest BCUT2D eigenvalue weighted by Crippen LogP contribution is 2.29. The molecule has 1 rings (SSSR count). The summed E-state index contributed by atoms with van der Waals surface area (Å²) in [4.78, 5) is 0. The second-order valence-corrected chi connectivity index (χ2v) is 4.87. The Hall–Kier alpha value is -0.980. The van der Waals surface area contributed by atoms with Crippen molar-refractivity contribution < 1.29 is 0 Å². The highest BCUT2D eigenvalue weighted by molar-refractivity contribution is 5.56. The van der Waals surface area contributed by atoms with Crippen LogP contribution >= 0.6 is 0 Å². The smallest absolute Gasteiger partial charge is 0.0384 e. The molecule has 2 N–H and O–H groups in total. The maximum absolute atomic E-state index is 6.09. The highest BCUT2D eigenvalue weighted by Gasteiger charge is 2.09. The lowest BCUT2D eigenvalue weighted by atomic mass is 9.93.